The average Bonchev–Trinajstić information content (AvgIpc) is 2.67. The molecular weight excluding hydrogens is 376 g/mol. The molecule has 0 radical (unpaired) electrons. The largest absolute Gasteiger partial charge is 0.494 e. The Hall–Kier alpha value is -2.38. The summed E-state index contributed by atoms with van der Waals surface area (Å²) < 4.78 is 2.39. The number of hydrogen-bond donors (Lipinski definition) is 2. The lowest BCUT2D eigenvalue weighted by Gasteiger charge is -2.31. The molecule has 2 unspecified atom stereocenters. The van der Waals surface area contributed by atoms with E-state index in [2.05, 4.69) is 6.92 Å². The molecule has 1 heterocycles. The van der Waals surface area contributed by atoms with Gasteiger partial charge in [0.25, 0.3) is 5.56 Å². The van der Waals surface area contributed by atoms with Crippen molar-refractivity contribution in [3.63, 3.8) is 0 Å². The number of nitrogens with zero attached hydrogens (tertiary/aromatic N) is 2. The van der Waals surface area contributed by atoms with Crippen LogP contribution in [-0.4, -0.2) is 31.1 Å². The molecule has 0 bridgehead atoms. The van der Waals surface area contributed by atoms with E-state index in [1.54, 1.807) is 0 Å². The van der Waals surface area contributed by atoms with Crippen LogP contribution in [0.25, 0.3) is 0 Å². The highest BCUT2D eigenvalue weighted by molar-refractivity contribution is 5.99. The number of carbonyl (C=O) groups is 2. The van der Waals surface area contributed by atoms with E-state index < -0.39 is 40.9 Å². The smallest absolute Gasteiger partial charge is 0.334 e. The van der Waals surface area contributed by atoms with Gasteiger partial charge in [0.15, 0.2) is 5.78 Å². The number of rotatable bonds is 6. The molecule has 8 heteroatoms. The molecule has 2 atom stereocenters. The summed E-state index contributed by atoms with van der Waals surface area (Å²) in [4.78, 5) is 50.0. The van der Waals surface area contributed by atoms with E-state index >= 15 is 0 Å². The third-order valence-corrected chi connectivity index (χ3v) is 6.36. The summed E-state index contributed by atoms with van der Waals surface area (Å²) >= 11 is 0. The van der Waals surface area contributed by atoms with Crippen molar-refractivity contribution in [2.45, 2.75) is 89.6 Å². The molecule has 2 fully saturated rings. The predicted octanol–water partition coefficient (Wildman–Crippen LogP) is 3.02. The first-order chi connectivity index (χ1) is 13.8. The zero-order valence-corrected chi connectivity index (χ0v) is 16.9. The number of aromatic hydroxyl groups is 1. The number of aromatic nitrogens is 2. The maximum atomic E-state index is 13.3. The highest BCUT2D eigenvalue weighted by Crippen LogP contribution is 2.33. The monoisotopic (exact) mass is 406 g/mol. The quantitative estimate of drug-likeness (QED) is 0.701. The van der Waals surface area contributed by atoms with Gasteiger partial charge in [-0.05, 0) is 31.6 Å². The molecule has 0 spiro atoms. The van der Waals surface area contributed by atoms with Gasteiger partial charge in [-0.1, -0.05) is 39.0 Å². The maximum Gasteiger partial charge on any atom is 0.334 e. The summed E-state index contributed by atoms with van der Waals surface area (Å²) in [5.41, 5.74) is -1.77. The molecule has 2 aliphatic carbocycles. The van der Waals surface area contributed by atoms with Crippen LogP contribution in [0.5, 0.6) is 5.88 Å². The summed E-state index contributed by atoms with van der Waals surface area (Å²) in [5, 5.41) is 19.7. The molecule has 8 nitrogen and oxygen atoms in total. The Morgan fingerprint density at radius 3 is 2.21 bits per heavy atom. The zero-order valence-electron chi connectivity index (χ0n) is 16.9. The average molecular weight is 406 g/mol. The molecule has 0 amide bonds. The maximum absolute atomic E-state index is 13.3. The van der Waals surface area contributed by atoms with E-state index in [0.29, 0.717) is 31.6 Å². The fraction of sp³-hybridized carbons (Fsp3) is 0.714. The molecule has 0 aromatic carbocycles. The number of carbonyl (C=O) groups excluding carboxylic acids is 1. The molecule has 2 N–H and O–H groups in total. The number of ketones is 1. The van der Waals surface area contributed by atoms with Crippen LogP contribution < -0.4 is 11.2 Å². The van der Waals surface area contributed by atoms with Gasteiger partial charge >= 0.3 is 11.7 Å². The molecule has 2 saturated carbocycles. The van der Waals surface area contributed by atoms with Gasteiger partial charge in [0.2, 0.25) is 5.88 Å². The number of carboxylic acid groups (broad SMARTS) is 1. The first kappa shape index (κ1) is 21.3. The lowest BCUT2D eigenvalue weighted by atomic mass is 9.87. The standard InChI is InChI=1S/C21H30N2O6/c1-13-6-5-9-15(12-13)23-20(28)18(16(24)10-11-17(25)26)19(27)22(21(23)29)14-7-3-2-4-8-14/h13-15,27H,2-12H2,1H3,(H,25,26). The second-order valence-corrected chi connectivity index (χ2v) is 8.56. The van der Waals surface area contributed by atoms with E-state index in [4.69, 9.17) is 5.11 Å². The lowest BCUT2D eigenvalue weighted by Crippen LogP contribution is -2.46. The number of Topliss-reactive ketones (excluding diaryl/α,β-unsaturated/α-hetero) is 1. The van der Waals surface area contributed by atoms with Gasteiger partial charge < -0.3 is 10.2 Å². The lowest BCUT2D eigenvalue weighted by molar-refractivity contribution is -0.136. The van der Waals surface area contributed by atoms with Gasteiger partial charge in [0.1, 0.15) is 5.56 Å². The van der Waals surface area contributed by atoms with E-state index in [9.17, 15) is 24.3 Å². The van der Waals surface area contributed by atoms with Crippen molar-refractivity contribution in [3.05, 3.63) is 26.4 Å². The first-order valence-electron chi connectivity index (χ1n) is 10.7. The fourth-order valence-corrected chi connectivity index (χ4v) is 4.85. The minimum absolute atomic E-state index is 0.255. The SMILES string of the molecule is CC1CCCC(n2c(=O)c(C(=O)CCC(=O)O)c(O)n(C3CCCCC3)c2=O)C1. The molecule has 1 aromatic heterocycles. The van der Waals surface area contributed by atoms with Crippen molar-refractivity contribution in [1.29, 1.82) is 0 Å². The van der Waals surface area contributed by atoms with Crippen LogP contribution in [0.3, 0.4) is 0 Å². The van der Waals surface area contributed by atoms with Crippen molar-refractivity contribution in [3.8, 4) is 5.88 Å². The van der Waals surface area contributed by atoms with Crippen LogP contribution in [0.15, 0.2) is 9.59 Å². The van der Waals surface area contributed by atoms with Crippen molar-refractivity contribution in [2.75, 3.05) is 0 Å². The van der Waals surface area contributed by atoms with Crippen molar-refractivity contribution < 1.29 is 19.8 Å². The Balaban J connectivity index is 2.15. The van der Waals surface area contributed by atoms with Crippen LogP contribution in [0, 0.1) is 5.92 Å². The Labute approximate surface area is 169 Å². The van der Waals surface area contributed by atoms with Crippen molar-refractivity contribution in [1.82, 2.24) is 9.13 Å². The third-order valence-electron chi connectivity index (χ3n) is 6.36. The van der Waals surface area contributed by atoms with Gasteiger partial charge in [-0.3, -0.25) is 23.5 Å². The van der Waals surface area contributed by atoms with Crippen LogP contribution in [0.1, 0.15) is 100.0 Å². The summed E-state index contributed by atoms with van der Waals surface area (Å²) in [5.74, 6) is -2.11. The van der Waals surface area contributed by atoms with Crippen LogP contribution in [0.2, 0.25) is 0 Å². The van der Waals surface area contributed by atoms with E-state index in [-0.39, 0.29) is 18.5 Å². The molecule has 2 aliphatic rings. The number of aliphatic carboxylic acids is 1. The van der Waals surface area contributed by atoms with E-state index in [1.165, 1.54) is 4.57 Å². The number of hydrogen-bond acceptors (Lipinski definition) is 5. The minimum Gasteiger partial charge on any atom is -0.494 e. The summed E-state index contributed by atoms with van der Waals surface area (Å²) in [6, 6.07) is -0.560. The predicted molar refractivity (Wildman–Crippen MR) is 107 cm³/mol. The molecule has 0 aliphatic heterocycles. The number of carboxylic acids is 1. The van der Waals surface area contributed by atoms with Crippen molar-refractivity contribution in [2.24, 2.45) is 5.92 Å². The summed E-state index contributed by atoms with van der Waals surface area (Å²) in [7, 11) is 0. The summed E-state index contributed by atoms with van der Waals surface area (Å²) in [6.07, 6.45) is 6.75. The minimum atomic E-state index is -1.15. The van der Waals surface area contributed by atoms with Gasteiger partial charge in [-0.25, -0.2) is 4.79 Å². The highest BCUT2D eigenvalue weighted by Gasteiger charge is 2.32. The zero-order chi connectivity index (χ0) is 21.1. The molecule has 3 rings (SSSR count). The molecule has 1 aromatic rings. The second-order valence-electron chi connectivity index (χ2n) is 8.56. The normalized spacial score (nSPS) is 23.1. The van der Waals surface area contributed by atoms with Crippen LogP contribution in [-0.2, 0) is 4.79 Å². The van der Waals surface area contributed by atoms with E-state index in [1.807, 2.05) is 0 Å². The van der Waals surface area contributed by atoms with Gasteiger partial charge in [0.05, 0.1) is 6.42 Å². The van der Waals surface area contributed by atoms with Gasteiger partial charge in [-0.2, -0.15) is 0 Å². The first-order valence-corrected chi connectivity index (χ1v) is 10.7. The topological polar surface area (TPSA) is 119 Å². The van der Waals surface area contributed by atoms with E-state index in [0.717, 1.165) is 36.7 Å². The molecular formula is C21H30N2O6. The molecule has 0 saturated heterocycles. The van der Waals surface area contributed by atoms with Crippen LogP contribution in [0.4, 0.5) is 0 Å². The van der Waals surface area contributed by atoms with Gasteiger partial charge in [0, 0.05) is 18.5 Å². The summed E-state index contributed by atoms with van der Waals surface area (Å²) in [6.45, 7) is 2.08. The van der Waals surface area contributed by atoms with Gasteiger partial charge in [-0.15, -0.1) is 0 Å². The molecule has 160 valence electrons. The highest BCUT2D eigenvalue weighted by atomic mass is 16.4. The second kappa shape index (κ2) is 8.97. The Kier molecular flexibility index (Phi) is 6.59. The Morgan fingerprint density at radius 2 is 1.59 bits per heavy atom. The van der Waals surface area contributed by atoms with Crippen molar-refractivity contribution >= 4 is 11.8 Å². The molecule has 29 heavy (non-hydrogen) atoms. The van der Waals surface area contributed by atoms with Crippen LogP contribution >= 0.6 is 0 Å². The third kappa shape index (κ3) is 4.46. The fourth-order valence-electron chi connectivity index (χ4n) is 4.85. The Morgan fingerprint density at radius 1 is 0.931 bits per heavy atom. The Bertz CT molecular complexity index is 894.